The molecule has 0 fully saturated rings. The first-order valence-electron chi connectivity index (χ1n) is 6.31. The Balaban J connectivity index is 2.38. The van der Waals surface area contributed by atoms with Crippen LogP contribution in [-0.4, -0.2) is 7.11 Å². The molecule has 100 valence electrons. The maximum Gasteiger partial charge on any atom is 0.142 e. The second kappa shape index (κ2) is 5.98. The molecule has 2 aromatic carbocycles. The Kier molecular flexibility index (Phi) is 4.33. The lowest BCUT2D eigenvalue weighted by molar-refractivity contribution is 0.417. The van der Waals surface area contributed by atoms with Gasteiger partial charge < -0.3 is 10.1 Å². The van der Waals surface area contributed by atoms with Crippen LogP contribution in [0.15, 0.2) is 42.5 Å². The van der Waals surface area contributed by atoms with Crippen LogP contribution in [0.4, 0.5) is 11.4 Å². The highest BCUT2D eigenvalue weighted by Gasteiger charge is 2.09. The smallest absolute Gasteiger partial charge is 0.142 e. The predicted molar refractivity (Wildman–Crippen MR) is 81.8 cm³/mol. The van der Waals surface area contributed by atoms with Gasteiger partial charge in [0.2, 0.25) is 0 Å². The van der Waals surface area contributed by atoms with E-state index < -0.39 is 0 Å². The molecule has 19 heavy (non-hydrogen) atoms. The summed E-state index contributed by atoms with van der Waals surface area (Å²) in [7, 11) is 1.66. The minimum atomic E-state index is 0.453. The van der Waals surface area contributed by atoms with Crippen LogP contribution < -0.4 is 10.1 Å². The number of rotatable bonds is 4. The van der Waals surface area contributed by atoms with Gasteiger partial charge in [0.25, 0.3) is 0 Å². The summed E-state index contributed by atoms with van der Waals surface area (Å²) in [5.74, 6) is 1.23. The largest absolute Gasteiger partial charge is 0.495 e. The van der Waals surface area contributed by atoms with E-state index in [2.05, 4.69) is 37.4 Å². The average Bonchev–Trinajstić information content (AvgIpc) is 2.39. The molecule has 2 aromatic rings. The Morgan fingerprint density at radius 2 is 1.79 bits per heavy atom. The van der Waals surface area contributed by atoms with E-state index >= 15 is 0 Å². The van der Waals surface area contributed by atoms with Crippen molar-refractivity contribution in [2.45, 2.75) is 19.8 Å². The highest BCUT2D eigenvalue weighted by molar-refractivity contribution is 6.31. The number of methoxy groups -OCH3 is 1. The first-order chi connectivity index (χ1) is 9.11. The molecular weight excluding hydrogens is 258 g/mol. The summed E-state index contributed by atoms with van der Waals surface area (Å²) in [5, 5.41) is 4.09. The van der Waals surface area contributed by atoms with Crippen LogP contribution in [0.2, 0.25) is 5.02 Å². The van der Waals surface area contributed by atoms with Crippen LogP contribution in [0, 0.1) is 0 Å². The molecule has 0 aliphatic carbocycles. The molecular formula is C16H18ClNO. The lowest BCUT2D eigenvalue weighted by atomic mass is 10.0. The fourth-order valence-corrected chi connectivity index (χ4v) is 2.21. The van der Waals surface area contributed by atoms with Gasteiger partial charge in [-0.05, 0) is 35.7 Å². The Morgan fingerprint density at radius 1 is 1.05 bits per heavy atom. The second-order valence-corrected chi connectivity index (χ2v) is 5.15. The van der Waals surface area contributed by atoms with E-state index in [4.69, 9.17) is 16.3 Å². The Labute approximate surface area is 119 Å². The number of halogens is 1. The van der Waals surface area contributed by atoms with E-state index in [1.807, 2.05) is 24.3 Å². The van der Waals surface area contributed by atoms with Gasteiger partial charge in [-0.1, -0.05) is 43.6 Å². The average molecular weight is 276 g/mol. The molecule has 0 radical (unpaired) electrons. The Hall–Kier alpha value is -1.67. The summed E-state index contributed by atoms with van der Waals surface area (Å²) in [6, 6.07) is 13.8. The van der Waals surface area contributed by atoms with Gasteiger partial charge in [-0.3, -0.25) is 0 Å². The fraction of sp³-hybridized carbons (Fsp3) is 0.250. The van der Waals surface area contributed by atoms with Gasteiger partial charge in [0.15, 0.2) is 0 Å². The van der Waals surface area contributed by atoms with E-state index in [0.29, 0.717) is 10.9 Å². The van der Waals surface area contributed by atoms with Crippen LogP contribution >= 0.6 is 11.6 Å². The van der Waals surface area contributed by atoms with Gasteiger partial charge in [0, 0.05) is 10.7 Å². The Morgan fingerprint density at radius 3 is 2.47 bits per heavy atom. The van der Waals surface area contributed by atoms with Crippen molar-refractivity contribution in [3.8, 4) is 5.75 Å². The van der Waals surface area contributed by atoms with E-state index in [-0.39, 0.29) is 0 Å². The van der Waals surface area contributed by atoms with Gasteiger partial charge in [0.1, 0.15) is 5.75 Å². The van der Waals surface area contributed by atoms with Gasteiger partial charge in [-0.25, -0.2) is 0 Å². The summed E-state index contributed by atoms with van der Waals surface area (Å²) in [4.78, 5) is 0. The van der Waals surface area contributed by atoms with E-state index in [0.717, 1.165) is 17.1 Å². The fourth-order valence-electron chi connectivity index (χ4n) is 2.04. The van der Waals surface area contributed by atoms with Crippen molar-refractivity contribution in [1.82, 2.24) is 0 Å². The third-order valence-corrected chi connectivity index (χ3v) is 3.25. The molecule has 2 rings (SSSR count). The molecule has 1 N–H and O–H groups in total. The lowest BCUT2D eigenvalue weighted by Gasteiger charge is -2.16. The monoisotopic (exact) mass is 275 g/mol. The van der Waals surface area contributed by atoms with Crippen LogP contribution in [0.1, 0.15) is 25.3 Å². The number of hydrogen-bond donors (Lipinski definition) is 1. The molecule has 2 nitrogen and oxygen atoms in total. The molecule has 0 saturated carbocycles. The molecule has 0 heterocycles. The molecule has 0 atom stereocenters. The second-order valence-electron chi connectivity index (χ2n) is 4.71. The van der Waals surface area contributed by atoms with E-state index in [1.165, 1.54) is 5.56 Å². The number of nitrogens with one attached hydrogen (secondary N) is 1. The predicted octanol–water partition coefficient (Wildman–Crippen LogP) is 5.22. The Bertz CT molecular complexity index is 566. The SMILES string of the molecule is COc1ccc(Cl)cc1Nc1ccccc1C(C)C. The number of anilines is 2. The minimum Gasteiger partial charge on any atom is -0.495 e. The number of benzene rings is 2. The normalized spacial score (nSPS) is 10.6. The van der Waals surface area contributed by atoms with E-state index in [9.17, 15) is 0 Å². The van der Waals surface area contributed by atoms with Gasteiger partial charge in [0.05, 0.1) is 12.8 Å². The van der Waals surface area contributed by atoms with E-state index in [1.54, 1.807) is 7.11 Å². The number of hydrogen-bond acceptors (Lipinski definition) is 2. The van der Waals surface area contributed by atoms with Crippen molar-refractivity contribution >= 4 is 23.0 Å². The van der Waals surface area contributed by atoms with Gasteiger partial charge in [-0.15, -0.1) is 0 Å². The molecule has 0 saturated heterocycles. The zero-order chi connectivity index (χ0) is 13.8. The molecule has 3 heteroatoms. The topological polar surface area (TPSA) is 21.3 Å². The zero-order valence-corrected chi connectivity index (χ0v) is 12.2. The highest BCUT2D eigenvalue weighted by Crippen LogP contribution is 2.33. The molecule has 0 unspecified atom stereocenters. The maximum absolute atomic E-state index is 6.05. The summed E-state index contributed by atoms with van der Waals surface area (Å²) < 4.78 is 5.35. The first-order valence-corrected chi connectivity index (χ1v) is 6.69. The van der Waals surface area contributed by atoms with Crippen LogP contribution in [0.3, 0.4) is 0 Å². The molecule has 0 bridgehead atoms. The molecule has 0 aromatic heterocycles. The van der Waals surface area contributed by atoms with Crippen LogP contribution in [0.25, 0.3) is 0 Å². The summed E-state index contributed by atoms with van der Waals surface area (Å²) in [6.45, 7) is 4.35. The molecule has 0 spiro atoms. The molecule has 0 aliphatic rings. The molecule has 0 aliphatic heterocycles. The number of para-hydroxylation sites is 1. The van der Waals surface area contributed by atoms with Crippen molar-refractivity contribution in [2.24, 2.45) is 0 Å². The first kappa shape index (κ1) is 13.8. The highest BCUT2D eigenvalue weighted by atomic mass is 35.5. The third-order valence-electron chi connectivity index (χ3n) is 3.01. The molecule has 0 amide bonds. The van der Waals surface area contributed by atoms with Crippen molar-refractivity contribution in [1.29, 1.82) is 0 Å². The quantitative estimate of drug-likeness (QED) is 0.826. The van der Waals surface area contributed by atoms with Crippen molar-refractivity contribution in [2.75, 3.05) is 12.4 Å². The van der Waals surface area contributed by atoms with Gasteiger partial charge in [-0.2, -0.15) is 0 Å². The van der Waals surface area contributed by atoms with Crippen molar-refractivity contribution in [3.63, 3.8) is 0 Å². The maximum atomic E-state index is 6.05. The standard InChI is InChI=1S/C16H18ClNO/c1-11(2)13-6-4-5-7-14(13)18-15-10-12(17)8-9-16(15)19-3/h4-11,18H,1-3H3. The minimum absolute atomic E-state index is 0.453. The number of ether oxygens (including phenoxy) is 1. The van der Waals surface area contributed by atoms with Crippen molar-refractivity contribution in [3.05, 3.63) is 53.1 Å². The summed E-state index contributed by atoms with van der Waals surface area (Å²) >= 11 is 6.05. The zero-order valence-electron chi connectivity index (χ0n) is 11.4. The van der Waals surface area contributed by atoms with Gasteiger partial charge >= 0.3 is 0 Å². The van der Waals surface area contributed by atoms with Crippen LogP contribution in [0.5, 0.6) is 5.75 Å². The summed E-state index contributed by atoms with van der Waals surface area (Å²) in [6.07, 6.45) is 0. The van der Waals surface area contributed by atoms with Crippen LogP contribution in [-0.2, 0) is 0 Å². The third kappa shape index (κ3) is 3.21. The lowest BCUT2D eigenvalue weighted by Crippen LogP contribution is -1.99. The summed E-state index contributed by atoms with van der Waals surface area (Å²) in [5.41, 5.74) is 3.23. The van der Waals surface area contributed by atoms with Crippen molar-refractivity contribution < 1.29 is 4.74 Å².